The second-order valence-electron chi connectivity index (χ2n) is 8.79. The summed E-state index contributed by atoms with van der Waals surface area (Å²) in [5.74, 6) is -0.105. The number of aromatic nitrogens is 2. The van der Waals surface area contributed by atoms with Crippen LogP contribution in [0, 0.1) is 0 Å². The van der Waals surface area contributed by atoms with Gasteiger partial charge in [0, 0.05) is 42.5 Å². The summed E-state index contributed by atoms with van der Waals surface area (Å²) in [7, 11) is 1.58. The zero-order valence-corrected chi connectivity index (χ0v) is 19.5. The third-order valence-corrected chi connectivity index (χ3v) is 6.91. The number of carbonyl (C=O) groups excluding carboxylic acids is 3. The number of carbonyl (C=O) groups is 3. The topological polar surface area (TPSA) is 111 Å². The summed E-state index contributed by atoms with van der Waals surface area (Å²) < 4.78 is 6.76. The molecule has 0 aliphatic carbocycles. The molecule has 0 radical (unpaired) electrons. The second kappa shape index (κ2) is 9.25. The van der Waals surface area contributed by atoms with Crippen LogP contribution in [-0.2, 0) is 6.42 Å². The molecule has 2 amide bonds. The highest BCUT2D eigenvalue weighted by Crippen LogP contribution is 2.31. The molecular weight excluding hydrogens is 446 g/mol. The molecule has 0 unspecified atom stereocenters. The number of aldehydes is 1. The van der Waals surface area contributed by atoms with Gasteiger partial charge in [0.2, 0.25) is 0 Å². The van der Waals surface area contributed by atoms with E-state index in [1.165, 1.54) is 4.68 Å². The van der Waals surface area contributed by atoms with E-state index in [4.69, 9.17) is 10.5 Å². The third kappa shape index (κ3) is 4.03. The number of ether oxygens (including phenoxy) is 1. The van der Waals surface area contributed by atoms with E-state index in [9.17, 15) is 14.4 Å². The van der Waals surface area contributed by atoms with Gasteiger partial charge in [-0.25, -0.2) is 4.68 Å². The van der Waals surface area contributed by atoms with Crippen molar-refractivity contribution in [2.45, 2.75) is 25.3 Å². The van der Waals surface area contributed by atoms with Gasteiger partial charge in [-0.3, -0.25) is 14.4 Å². The Hall–Kier alpha value is -4.14. The standard InChI is InChI=1S/C26H27N5O4/c1-35-20-8-6-19(7-9-20)31-24-21(23(28-31)25(27)33)12-15-30(26(24)34)18-10-13-29(14-11-18)22-5-3-2-4-17(22)16-32/h2-9,16,18H,10-15H2,1H3,(H2,27,33). The van der Waals surface area contributed by atoms with Crippen LogP contribution in [0.5, 0.6) is 5.75 Å². The van der Waals surface area contributed by atoms with Gasteiger partial charge < -0.3 is 20.3 Å². The number of amides is 2. The van der Waals surface area contributed by atoms with E-state index in [0.717, 1.165) is 37.9 Å². The summed E-state index contributed by atoms with van der Waals surface area (Å²) in [4.78, 5) is 41.4. The smallest absolute Gasteiger partial charge is 0.273 e. The first-order chi connectivity index (χ1) is 17.0. The summed E-state index contributed by atoms with van der Waals surface area (Å²) in [5, 5.41) is 4.43. The SMILES string of the molecule is COc1ccc(-n2nc(C(N)=O)c3c2C(=O)N(C2CCN(c4ccccc4C=O)CC2)CC3)cc1. The average Bonchev–Trinajstić information content (AvgIpc) is 3.30. The van der Waals surface area contributed by atoms with Crippen LogP contribution in [0.2, 0.25) is 0 Å². The van der Waals surface area contributed by atoms with Crippen molar-refractivity contribution in [1.82, 2.24) is 14.7 Å². The van der Waals surface area contributed by atoms with Crippen molar-refractivity contribution >= 4 is 23.8 Å². The number of benzene rings is 2. The molecule has 5 rings (SSSR count). The molecule has 9 nitrogen and oxygen atoms in total. The van der Waals surface area contributed by atoms with Crippen molar-refractivity contribution in [2.24, 2.45) is 5.73 Å². The highest BCUT2D eigenvalue weighted by molar-refractivity contribution is 6.01. The van der Waals surface area contributed by atoms with Crippen molar-refractivity contribution in [3.8, 4) is 11.4 Å². The summed E-state index contributed by atoms with van der Waals surface area (Å²) in [5.41, 5.74) is 9.00. The van der Waals surface area contributed by atoms with Crippen LogP contribution in [0.15, 0.2) is 48.5 Å². The van der Waals surface area contributed by atoms with E-state index < -0.39 is 5.91 Å². The van der Waals surface area contributed by atoms with Gasteiger partial charge in [0.1, 0.15) is 11.4 Å². The molecule has 1 aromatic heterocycles. The lowest BCUT2D eigenvalue weighted by molar-refractivity contribution is 0.0621. The molecular formula is C26H27N5O4. The molecule has 9 heteroatoms. The maximum atomic E-state index is 13.7. The van der Waals surface area contributed by atoms with E-state index in [0.29, 0.717) is 41.2 Å². The molecule has 0 spiro atoms. The summed E-state index contributed by atoms with van der Waals surface area (Å²) >= 11 is 0. The molecule has 35 heavy (non-hydrogen) atoms. The van der Waals surface area contributed by atoms with Crippen LogP contribution in [0.1, 0.15) is 49.7 Å². The van der Waals surface area contributed by atoms with Gasteiger partial charge >= 0.3 is 0 Å². The van der Waals surface area contributed by atoms with Gasteiger partial charge in [0.15, 0.2) is 12.0 Å². The van der Waals surface area contributed by atoms with Crippen LogP contribution in [-0.4, -0.2) is 65.6 Å². The van der Waals surface area contributed by atoms with Crippen molar-refractivity contribution in [2.75, 3.05) is 31.6 Å². The number of anilines is 1. The molecule has 2 aliphatic heterocycles. The minimum Gasteiger partial charge on any atom is -0.497 e. The number of para-hydroxylation sites is 1. The Morgan fingerprint density at radius 1 is 1.09 bits per heavy atom. The number of hydrogen-bond acceptors (Lipinski definition) is 6. The van der Waals surface area contributed by atoms with Crippen molar-refractivity contribution in [3.05, 3.63) is 71.0 Å². The van der Waals surface area contributed by atoms with Gasteiger partial charge in [0.25, 0.3) is 11.8 Å². The van der Waals surface area contributed by atoms with Crippen molar-refractivity contribution in [3.63, 3.8) is 0 Å². The Kier molecular flexibility index (Phi) is 5.98. The van der Waals surface area contributed by atoms with E-state index in [-0.39, 0.29) is 17.6 Å². The second-order valence-corrected chi connectivity index (χ2v) is 8.79. The maximum Gasteiger partial charge on any atom is 0.273 e. The average molecular weight is 474 g/mol. The van der Waals surface area contributed by atoms with Crippen molar-refractivity contribution < 1.29 is 19.1 Å². The zero-order chi connectivity index (χ0) is 24.5. The minimum absolute atomic E-state index is 0.0616. The number of piperidine rings is 1. The van der Waals surface area contributed by atoms with Crippen LogP contribution >= 0.6 is 0 Å². The molecule has 1 fully saturated rings. The van der Waals surface area contributed by atoms with Gasteiger partial charge in [-0.05, 0) is 55.7 Å². The van der Waals surface area contributed by atoms with E-state index in [1.54, 1.807) is 31.4 Å². The number of hydrogen-bond donors (Lipinski definition) is 1. The van der Waals surface area contributed by atoms with E-state index >= 15 is 0 Å². The summed E-state index contributed by atoms with van der Waals surface area (Å²) in [6, 6.07) is 14.8. The van der Waals surface area contributed by atoms with Gasteiger partial charge in [-0.15, -0.1) is 0 Å². The molecule has 1 saturated heterocycles. The highest BCUT2D eigenvalue weighted by Gasteiger charge is 2.38. The quantitative estimate of drug-likeness (QED) is 0.551. The number of methoxy groups -OCH3 is 1. The molecule has 0 bridgehead atoms. The lowest BCUT2D eigenvalue weighted by Gasteiger charge is -2.41. The summed E-state index contributed by atoms with van der Waals surface area (Å²) in [6.45, 7) is 2.00. The predicted octanol–water partition coefficient (Wildman–Crippen LogP) is 2.46. The first-order valence-electron chi connectivity index (χ1n) is 11.7. The predicted molar refractivity (Wildman–Crippen MR) is 130 cm³/mol. The first-order valence-corrected chi connectivity index (χ1v) is 11.7. The van der Waals surface area contributed by atoms with Crippen LogP contribution in [0.3, 0.4) is 0 Å². The Balaban J connectivity index is 1.40. The molecule has 180 valence electrons. The Morgan fingerprint density at radius 3 is 2.46 bits per heavy atom. The highest BCUT2D eigenvalue weighted by atomic mass is 16.5. The third-order valence-electron chi connectivity index (χ3n) is 6.91. The van der Waals surface area contributed by atoms with Gasteiger partial charge in [-0.2, -0.15) is 5.10 Å². The molecule has 2 N–H and O–H groups in total. The fraction of sp³-hybridized carbons (Fsp3) is 0.308. The molecule has 0 atom stereocenters. The number of primary amides is 1. The van der Waals surface area contributed by atoms with Crippen LogP contribution < -0.4 is 15.4 Å². The summed E-state index contributed by atoms with van der Waals surface area (Å²) in [6.07, 6.45) is 2.97. The fourth-order valence-electron chi connectivity index (χ4n) is 5.13. The Labute approximate surface area is 203 Å². The first kappa shape index (κ1) is 22.6. The van der Waals surface area contributed by atoms with E-state index in [1.807, 2.05) is 29.2 Å². The zero-order valence-electron chi connectivity index (χ0n) is 19.5. The van der Waals surface area contributed by atoms with Gasteiger partial charge in [-0.1, -0.05) is 12.1 Å². The largest absolute Gasteiger partial charge is 0.497 e. The number of rotatable bonds is 6. The number of fused-ring (bicyclic) bond motifs is 1. The normalized spacial score (nSPS) is 16.2. The lowest BCUT2D eigenvalue weighted by atomic mass is 9.96. The molecule has 3 aromatic rings. The Morgan fingerprint density at radius 2 is 1.80 bits per heavy atom. The molecule has 3 heterocycles. The molecule has 0 saturated carbocycles. The molecule has 2 aliphatic rings. The van der Waals surface area contributed by atoms with E-state index in [2.05, 4.69) is 10.00 Å². The molecule has 2 aromatic carbocycles. The Bertz CT molecular complexity index is 1280. The van der Waals surface area contributed by atoms with Gasteiger partial charge in [0.05, 0.1) is 12.8 Å². The monoisotopic (exact) mass is 473 g/mol. The number of nitrogens with two attached hydrogens (primary N) is 1. The maximum absolute atomic E-state index is 13.7. The fourth-order valence-corrected chi connectivity index (χ4v) is 5.13. The van der Waals surface area contributed by atoms with Crippen molar-refractivity contribution in [1.29, 1.82) is 0 Å². The number of nitrogens with zero attached hydrogens (tertiary/aromatic N) is 4. The lowest BCUT2D eigenvalue weighted by Crippen LogP contribution is -2.50. The van der Waals surface area contributed by atoms with Crippen LogP contribution in [0.25, 0.3) is 5.69 Å². The minimum atomic E-state index is -0.642. The van der Waals surface area contributed by atoms with Crippen LogP contribution in [0.4, 0.5) is 5.69 Å².